The highest BCUT2D eigenvalue weighted by Gasteiger charge is 2.20. The number of hydrogen-bond acceptors (Lipinski definition) is 3. The molecule has 0 spiro atoms. The van der Waals surface area contributed by atoms with Gasteiger partial charge in [-0.1, -0.05) is 30.3 Å². The predicted molar refractivity (Wildman–Crippen MR) is 68.3 cm³/mol. The molecule has 0 aromatic heterocycles. The summed E-state index contributed by atoms with van der Waals surface area (Å²) >= 11 is 0. The lowest BCUT2D eigenvalue weighted by Crippen LogP contribution is -2.42. The van der Waals surface area contributed by atoms with Crippen LogP contribution >= 0.6 is 0 Å². The molecule has 2 rings (SSSR count). The summed E-state index contributed by atoms with van der Waals surface area (Å²) in [7, 11) is 0. The number of benzene rings is 1. The van der Waals surface area contributed by atoms with Crippen molar-refractivity contribution in [3.8, 4) is 0 Å². The summed E-state index contributed by atoms with van der Waals surface area (Å²) in [6.07, 6.45) is 0.836. The monoisotopic (exact) mass is 249 g/mol. The maximum Gasteiger partial charge on any atom is 0.303 e. The molecule has 0 aliphatic carbocycles. The molecule has 0 amide bonds. The van der Waals surface area contributed by atoms with Gasteiger partial charge in [0.15, 0.2) is 0 Å². The number of ether oxygens (including phenoxy) is 1. The Morgan fingerprint density at radius 2 is 2.17 bits per heavy atom. The van der Waals surface area contributed by atoms with E-state index >= 15 is 0 Å². The number of rotatable bonds is 5. The van der Waals surface area contributed by atoms with Crippen LogP contribution < -0.4 is 0 Å². The van der Waals surface area contributed by atoms with E-state index in [2.05, 4.69) is 17.0 Å². The molecule has 1 heterocycles. The number of morpholine rings is 1. The van der Waals surface area contributed by atoms with Crippen molar-refractivity contribution in [3.63, 3.8) is 0 Å². The Hall–Kier alpha value is -1.39. The molecular formula is C14H19NO3. The van der Waals surface area contributed by atoms with Crippen molar-refractivity contribution in [2.24, 2.45) is 0 Å². The van der Waals surface area contributed by atoms with Crippen LogP contribution in [0.1, 0.15) is 18.4 Å². The average molecular weight is 249 g/mol. The molecule has 1 N–H and O–H groups in total. The standard InChI is InChI=1S/C14H19NO3/c16-14(17)7-6-13-11-15(8-9-18-13)10-12-4-2-1-3-5-12/h1-5,13H,6-11H2,(H,16,17). The lowest BCUT2D eigenvalue weighted by Gasteiger charge is -2.32. The van der Waals surface area contributed by atoms with Gasteiger partial charge in [0.1, 0.15) is 0 Å². The molecule has 98 valence electrons. The Balaban J connectivity index is 1.81. The van der Waals surface area contributed by atoms with E-state index in [9.17, 15) is 4.79 Å². The van der Waals surface area contributed by atoms with E-state index in [0.29, 0.717) is 13.0 Å². The van der Waals surface area contributed by atoms with Crippen LogP contribution in [-0.4, -0.2) is 41.8 Å². The molecule has 0 bridgehead atoms. The Kier molecular flexibility index (Phi) is 4.73. The molecule has 1 aliphatic heterocycles. The van der Waals surface area contributed by atoms with E-state index in [1.54, 1.807) is 0 Å². The van der Waals surface area contributed by atoms with Crippen LogP contribution in [0.4, 0.5) is 0 Å². The molecule has 18 heavy (non-hydrogen) atoms. The van der Waals surface area contributed by atoms with Crippen LogP contribution in [0.15, 0.2) is 30.3 Å². The van der Waals surface area contributed by atoms with Crippen molar-refractivity contribution in [2.45, 2.75) is 25.5 Å². The second-order valence-corrected chi connectivity index (χ2v) is 4.65. The summed E-state index contributed by atoms with van der Waals surface area (Å²) < 4.78 is 5.59. The van der Waals surface area contributed by atoms with E-state index in [0.717, 1.165) is 19.6 Å². The average Bonchev–Trinajstić information content (AvgIpc) is 2.38. The highest BCUT2D eigenvalue weighted by atomic mass is 16.5. The number of hydrogen-bond donors (Lipinski definition) is 1. The fourth-order valence-corrected chi connectivity index (χ4v) is 2.22. The zero-order chi connectivity index (χ0) is 12.8. The summed E-state index contributed by atoms with van der Waals surface area (Å²) in [6, 6.07) is 10.3. The predicted octanol–water partition coefficient (Wildman–Crippen LogP) is 1.75. The van der Waals surface area contributed by atoms with Crippen LogP contribution in [0.5, 0.6) is 0 Å². The lowest BCUT2D eigenvalue weighted by atomic mass is 10.1. The van der Waals surface area contributed by atoms with E-state index in [-0.39, 0.29) is 12.5 Å². The SMILES string of the molecule is O=C(O)CCC1CN(Cc2ccccc2)CCO1. The molecule has 4 heteroatoms. The quantitative estimate of drug-likeness (QED) is 0.863. The molecule has 1 unspecified atom stereocenters. The highest BCUT2D eigenvalue weighted by Crippen LogP contribution is 2.13. The van der Waals surface area contributed by atoms with Gasteiger partial charge in [0.25, 0.3) is 0 Å². The minimum Gasteiger partial charge on any atom is -0.481 e. The smallest absolute Gasteiger partial charge is 0.303 e. The van der Waals surface area contributed by atoms with Crippen LogP contribution in [0, 0.1) is 0 Å². The third-order valence-corrected chi connectivity index (χ3v) is 3.15. The van der Waals surface area contributed by atoms with Crippen molar-refractivity contribution in [1.82, 2.24) is 4.90 Å². The molecule has 4 nitrogen and oxygen atoms in total. The molecule has 1 saturated heterocycles. The summed E-state index contributed by atoms with van der Waals surface area (Å²) in [6.45, 7) is 3.34. The van der Waals surface area contributed by atoms with Crippen molar-refractivity contribution < 1.29 is 14.6 Å². The van der Waals surface area contributed by atoms with Gasteiger partial charge < -0.3 is 9.84 Å². The maximum absolute atomic E-state index is 10.5. The van der Waals surface area contributed by atoms with Crippen molar-refractivity contribution in [2.75, 3.05) is 19.7 Å². The topological polar surface area (TPSA) is 49.8 Å². The van der Waals surface area contributed by atoms with Gasteiger partial charge in [-0.2, -0.15) is 0 Å². The van der Waals surface area contributed by atoms with Crippen LogP contribution in [-0.2, 0) is 16.1 Å². The summed E-state index contributed by atoms with van der Waals surface area (Å²) in [5, 5.41) is 8.68. The third kappa shape index (κ3) is 4.13. The van der Waals surface area contributed by atoms with Gasteiger partial charge in [0.2, 0.25) is 0 Å². The number of carbonyl (C=O) groups is 1. The second-order valence-electron chi connectivity index (χ2n) is 4.65. The minimum atomic E-state index is -0.751. The van der Waals surface area contributed by atoms with Gasteiger partial charge in [-0.15, -0.1) is 0 Å². The maximum atomic E-state index is 10.5. The zero-order valence-electron chi connectivity index (χ0n) is 10.4. The number of carboxylic acids is 1. The molecule has 1 aromatic rings. The third-order valence-electron chi connectivity index (χ3n) is 3.15. The molecule has 1 fully saturated rings. The number of nitrogens with zero attached hydrogens (tertiary/aromatic N) is 1. The van der Waals surface area contributed by atoms with Gasteiger partial charge in [-0.25, -0.2) is 0 Å². The summed E-state index contributed by atoms with van der Waals surface area (Å²) in [5.41, 5.74) is 1.29. The van der Waals surface area contributed by atoms with Crippen LogP contribution in [0.25, 0.3) is 0 Å². The van der Waals surface area contributed by atoms with Crippen LogP contribution in [0.2, 0.25) is 0 Å². The Morgan fingerprint density at radius 1 is 1.39 bits per heavy atom. The largest absolute Gasteiger partial charge is 0.481 e. The summed E-state index contributed by atoms with van der Waals surface area (Å²) in [4.78, 5) is 12.9. The fourth-order valence-electron chi connectivity index (χ4n) is 2.22. The summed E-state index contributed by atoms with van der Waals surface area (Å²) in [5.74, 6) is -0.751. The molecule has 0 saturated carbocycles. The first-order chi connectivity index (χ1) is 8.74. The number of carboxylic acid groups (broad SMARTS) is 1. The first-order valence-corrected chi connectivity index (χ1v) is 6.34. The van der Waals surface area contributed by atoms with Crippen molar-refractivity contribution in [1.29, 1.82) is 0 Å². The number of aliphatic carboxylic acids is 1. The van der Waals surface area contributed by atoms with E-state index < -0.39 is 5.97 Å². The minimum absolute atomic E-state index is 0.0542. The van der Waals surface area contributed by atoms with Gasteiger partial charge in [0, 0.05) is 26.1 Å². The van der Waals surface area contributed by atoms with E-state index in [1.807, 2.05) is 18.2 Å². The van der Waals surface area contributed by atoms with Gasteiger partial charge in [-0.3, -0.25) is 9.69 Å². The molecular weight excluding hydrogens is 230 g/mol. The van der Waals surface area contributed by atoms with E-state index in [4.69, 9.17) is 9.84 Å². The fraction of sp³-hybridized carbons (Fsp3) is 0.500. The van der Waals surface area contributed by atoms with E-state index in [1.165, 1.54) is 5.56 Å². The Labute approximate surface area is 107 Å². The molecule has 1 atom stereocenters. The zero-order valence-corrected chi connectivity index (χ0v) is 10.4. The van der Waals surface area contributed by atoms with Crippen molar-refractivity contribution in [3.05, 3.63) is 35.9 Å². The van der Waals surface area contributed by atoms with Crippen molar-refractivity contribution >= 4 is 5.97 Å². The lowest BCUT2D eigenvalue weighted by molar-refractivity contribution is -0.138. The first-order valence-electron chi connectivity index (χ1n) is 6.34. The molecule has 1 aromatic carbocycles. The molecule has 1 aliphatic rings. The Morgan fingerprint density at radius 3 is 2.89 bits per heavy atom. The van der Waals surface area contributed by atoms with Gasteiger partial charge in [-0.05, 0) is 12.0 Å². The van der Waals surface area contributed by atoms with Gasteiger partial charge in [0.05, 0.1) is 12.7 Å². The van der Waals surface area contributed by atoms with Crippen LogP contribution in [0.3, 0.4) is 0 Å². The Bertz CT molecular complexity index is 380. The highest BCUT2D eigenvalue weighted by molar-refractivity contribution is 5.66. The first kappa shape index (κ1) is 13.1. The second kappa shape index (κ2) is 6.52. The normalized spacial score (nSPS) is 20.8. The molecule has 0 radical (unpaired) electrons. The van der Waals surface area contributed by atoms with Gasteiger partial charge >= 0.3 is 5.97 Å².